The number of carbonyl (C=O) groups is 2. The fourth-order valence-electron chi connectivity index (χ4n) is 4.39. The summed E-state index contributed by atoms with van der Waals surface area (Å²) in [4.78, 5) is 24.6. The van der Waals surface area contributed by atoms with E-state index in [1.54, 1.807) is 0 Å². The Hall–Kier alpha value is -1.14. The Labute approximate surface area is 150 Å². The van der Waals surface area contributed by atoms with Gasteiger partial charge in [-0.25, -0.2) is 9.59 Å². The van der Waals surface area contributed by atoms with Crippen molar-refractivity contribution in [2.45, 2.75) is 23.3 Å². The summed E-state index contributed by atoms with van der Waals surface area (Å²) >= 11 is 4.14. The van der Waals surface area contributed by atoms with Crippen LogP contribution in [0.2, 0.25) is 0 Å². The fraction of sp³-hybridized carbons (Fsp3) is 0.556. The summed E-state index contributed by atoms with van der Waals surface area (Å²) in [7, 11) is 2.73. The van der Waals surface area contributed by atoms with Crippen LogP contribution in [-0.4, -0.2) is 48.2 Å². The largest absolute Gasteiger partial charge is 0.466 e. The molecule has 0 unspecified atom stereocenters. The molecule has 1 aliphatic heterocycles. The SMILES string of the molecule is COC(=O)C1=C(C(=O)OC)[C@H]2C=C[C@H]1C2=C1C[C@@H]2SCCS[C@H]2C1. The van der Waals surface area contributed by atoms with Gasteiger partial charge in [-0.3, -0.25) is 0 Å². The second-order valence-corrected chi connectivity index (χ2v) is 9.13. The summed E-state index contributed by atoms with van der Waals surface area (Å²) in [6.07, 6.45) is 6.26. The number of methoxy groups -OCH3 is 2. The predicted molar refractivity (Wildman–Crippen MR) is 95.9 cm³/mol. The van der Waals surface area contributed by atoms with Crippen LogP contribution in [0.4, 0.5) is 0 Å². The van der Waals surface area contributed by atoms with Crippen LogP contribution < -0.4 is 0 Å². The molecule has 0 aromatic carbocycles. The molecular weight excluding hydrogens is 344 g/mol. The van der Waals surface area contributed by atoms with Crippen LogP contribution >= 0.6 is 23.5 Å². The molecule has 4 atom stereocenters. The van der Waals surface area contributed by atoms with Crippen LogP contribution in [0, 0.1) is 11.8 Å². The summed E-state index contributed by atoms with van der Waals surface area (Å²) in [6.45, 7) is 0. The van der Waals surface area contributed by atoms with Gasteiger partial charge in [-0.2, -0.15) is 23.5 Å². The molecule has 0 aromatic rings. The first-order valence-corrected chi connectivity index (χ1v) is 10.3. The van der Waals surface area contributed by atoms with E-state index in [-0.39, 0.29) is 11.8 Å². The van der Waals surface area contributed by atoms with Crippen LogP contribution in [0.1, 0.15) is 12.8 Å². The van der Waals surface area contributed by atoms with Gasteiger partial charge in [0.25, 0.3) is 0 Å². The molecule has 1 saturated carbocycles. The molecule has 24 heavy (non-hydrogen) atoms. The molecule has 4 nitrogen and oxygen atoms in total. The Morgan fingerprint density at radius 1 is 0.917 bits per heavy atom. The van der Waals surface area contributed by atoms with Gasteiger partial charge >= 0.3 is 11.9 Å². The monoisotopic (exact) mass is 364 g/mol. The number of esters is 2. The summed E-state index contributed by atoms with van der Waals surface area (Å²) in [5.41, 5.74) is 3.64. The number of ether oxygens (including phenoxy) is 2. The van der Waals surface area contributed by atoms with E-state index in [9.17, 15) is 9.59 Å². The van der Waals surface area contributed by atoms with Gasteiger partial charge in [0.05, 0.1) is 25.4 Å². The molecule has 0 N–H and O–H groups in total. The molecule has 1 saturated heterocycles. The van der Waals surface area contributed by atoms with Crippen molar-refractivity contribution >= 4 is 35.5 Å². The van der Waals surface area contributed by atoms with Crippen molar-refractivity contribution in [3.63, 3.8) is 0 Å². The fourth-order valence-corrected chi connectivity index (χ4v) is 7.50. The average molecular weight is 364 g/mol. The summed E-state index contributed by atoms with van der Waals surface area (Å²) in [6, 6.07) is 0. The molecule has 2 fully saturated rings. The lowest BCUT2D eigenvalue weighted by Crippen LogP contribution is -2.18. The Bertz CT molecular complexity index is 637. The van der Waals surface area contributed by atoms with Gasteiger partial charge in [0.15, 0.2) is 0 Å². The van der Waals surface area contributed by atoms with Gasteiger partial charge in [0, 0.05) is 33.8 Å². The topological polar surface area (TPSA) is 52.6 Å². The number of rotatable bonds is 2. The highest BCUT2D eigenvalue weighted by Crippen LogP contribution is 2.54. The molecule has 0 amide bonds. The highest BCUT2D eigenvalue weighted by molar-refractivity contribution is 8.07. The molecule has 6 heteroatoms. The zero-order valence-electron chi connectivity index (χ0n) is 13.7. The van der Waals surface area contributed by atoms with Crippen molar-refractivity contribution < 1.29 is 19.1 Å². The van der Waals surface area contributed by atoms with E-state index in [1.807, 2.05) is 12.2 Å². The second kappa shape index (κ2) is 6.30. The standard InChI is InChI=1S/C18H20O4S2/c1-21-17(19)15-10-3-4-11(16(15)18(20)22-2)14(10)9-7-12-13(8-9)24-6-5-23-12/h3-4,10-13H,5-8H2,1-2H3/t10-,11-,12-,13-/m0/s1. The quantitative estimate of drug-likeness (QED) is 0.555. The Morgan fingerprint density at radius 3 is 1.79 bits per heavy atom. The van der Waals surface area contributed by atoms with E-state index >= 15 is 0 Å². The first-order valence-electron chi connectivity index (χ1n) is 8.19. The lowest BCUT2D eigenvalue weighted by Gasteiger charge is -2.23. The molecular formula is C18H20O4S2. The number of carbonyl (C=O) groups excluding carboxylic acids is 2. The van der Waals surface area contributed by atoms with E-state index in [0.29, 0.717) is 21.6 Å². The van der Waals surface area contributed by atoms with Crippen molar-refractivity contribution in [3.05, 3.63) is 34.4 Å². The van der Waals surface area contributed by atoms with E-state index in [2.05, 4.69) is 23.5 Å². The highest BCUT2D eigenvalue weighted by atomic mass is 32.2. The molecule has 0 radical (unpaired) electrons. The van der Waals surface area contributed by atoms with Crippen LogP contribution in [0.5, 0.6) is 0 Å². The first-order chi connectivity index (χ1) is 11.7. The average Bonchev–Trinajstić information content (AvgIpc) is 3.29. The predicted octanol–water partition coefficient (Wildman–Crippen LogP) is 2.75. The molecule has 2 bridgehead atoms. The van der Waals surface area contributed by atoms with Gasteiger partial charge in [-0.15, -0.1) is 0 Å². The molecule has 4 aliphatic rings. The van der Waals surface area contributed by atoms with E-state index in [0.717, 1.165) is 12.8 Å². The Kier molecular flexibility index (Phi) is 4.29. The minimum atomic E-state index is -0.412. The molecule has 1 heterocycles. The molecule has 4 rings (SSSR count). The lowest BCUT2D eigenvalue weighted by atomic mass is 9.93. The third-order valence-electron chi connectivity index (χ3n) is 5.35. The minimum Gasteiger partial charge on any atom is -0.466 e. The Morgan fingerprint density at radius 2 is 1.38 bits per heavy atom. The van der Waals surface area contributed by atoms with Crippen molar-refractivity contribution in [1.82, 2.24) is 0 Å². The smallest absolute Gasteiger partial charge is 0.335 e. The summed E-state index contributed by atoms with van der Waals surface area (Å²) in [5, 5.41) is 1.35. The van der Waals surface area contributed by atoms with E-state index in [4.69, 9.17) is 9.47 Å². The molecule has 0 spiro atoms. The lowest BCUT2D eigenvalue weighted by molar-refractivity contribution is -0.139. The van der Waals surface area contributed by atoms with E-state index < -0.39 is 11.9 Å². The number of fused-ring (bicyclic) bond motifs is 3. The third kappa shape index (κ3) is 2.37. The van der Waals surface area contributed by atoms with Gasteiger partial charge in [-0.05, 0) is 18.4 Å². The summed E-state index contributed by atoms with van der Waals surface area (Å²) in [5.74, 6) is 1.40. The van der Waals surface area contributed by atoms with Crippen molar-refractivity contribution in [3.8, 4) is 0 Å². The number of hydrogen-bond donors (Lipinski definition) is 0. The van der Waals surface area contributed by atoms with Gasteiger partial charge in [0.1, 0.15) is 0 Å². The van der Waals surface area contributed by atoms with Gasteiger partial charge in [-0.1, -0.05) is 17.7 Å². The van der Waals surface area contributed by atoms with Crippen LogP contribution in [-0.2, 0) is 19.1 Å². The maximum absolute atomic E-state index is 12.3. The van der Waals surface area contributed by atoms with Crippen LogP contribution in [0.25, 0.3) is 0 Å². The Balaban J connectivity index is 1.72. The first kappa shape index (κ1) is 16.3. The van der Waals surface area contributed by atoms with Gasteiger partial charge in [0.2, 0.25) is 0 Å². The summed E-state index contributed by atoms with van der Waals surface area (Å²) < 4.78 is 9.90. The highest BCUT2D eigenvalue weighted by Gasteiger charge is 2.49. The van der Waals surface area contributed by atoms with Crippen LogP contribution in [0.15, 0.2) is 34.4 Å². The van der Waals surface area contributed by atoms with Crippen molar-refractivity contribution in [1.29, 1.82) is 0 Å². The van der Waals surface area contributed by atoms with Crippen LogP contribution in [0.3, 0.4) is 0 Å². The van der Waals surface area contributed by atoms with Gasteiger partial charge < -0.3 is 9.47 Å². The maximum Gasteiger partial charge on any atom is 0.335 e. The third-order valence-corrected chi connectivity index (χ3v) is 8.51. The minimum absolute atomic E-state index is 0.110. The molecule has 3 aliphatic carbocycles. The molecule has 0 aromatic heterocycles. The zero-order valence-corrected chi connectivity index (χ0v) is 15.4. The number of thioether (sulfide) groups is 2. The maximum atomic E-state index is 12.3. The number of hydrogen-bond acceptors (Lipinski definition) is 6. The van der Waals surface area contributed by atoms with E-state index in [1.165, 1.54) is 36.9 Å². The zero-order chi connectivity index (χ0) is 16.8. The normalized spacial score (nSPS) is 33.9. The van der Waals surface area contributed by atoms with Crippen molar-refractivity contribution in [2.24, 2.45) is 11.8 Å². The number of allylic oxidation sites excluding steroid dienone is 4. The molecule has 128 valence electrons. The second-order valence-electron chi connectivity index (χ2n) is 6.44. The van der Waals surface area contributed by atoms with Crippen molar-refractivity contribution in [2.75, 3.05) is 25.7 Å².